The highest BCUT2D eigenvalue weighted by atomic mass is 16.6. The number of carbonyl (C=O) groups excluding carboxylic acids is 1. The number of nitrogen functional groups attached to an aromatic ring is 1. The summed E-state index contributed by atoms with van der Waals surface area (Å²) >= 11 is 0. The Morgan fingerprint density at radius 3 is 2.50 bits per heavy atom. The predicted molar refractivity (Wildman–Crippen MR) is 73.4 cm³/mol. The summed E-state index contributed by atoms with van der Waals surface area (Å²) < 4.78 is 5.57. The maximum atomic E-state index is 12.4. The molecule has 1 heterocycles. The lowest BCUT2D eigenvalue weighted by Gasteiger charge is -2.35. The zero-order chi connectivity index (χ0) is 14.9. The highest BCUT2D eigenvalue weighted by molar-refractivity contribution is 5.95. The molecule has 0 saturated carbocycles. The predicted octanol–water partition coefficient (Wildman–Crippen LogP) is 1.43. The molecule has 1 aliphatic rings. The number of rotatable bonds is 2. The van der Waals surface area contributed by atoms with Gasteiger partial charge in [-0.15, -0.1) is 0 Å². The van der Waals surface area contributed by atoms with Crippen molar-refractivity contribution >= 4 is 17.3 Å². The lowest BCUT2D eigenvalue weighted by atomic mass is 10.1. The van der Waals surface area contributed by atoms with Crippen LogP contribution in [0.15, 0.2) is 18.2 Å². The van der Waals surface area contributed by atoms with Gasteiger partial charge in [0.05, 0.1) is 17.1 Å². The quantitative estimate of drug-likeness (QED) is 0.501. The van der Waals surface area contributed by atoms with E-state index < -0.39 is 4.92 Å². The van der Waals surface area contributed by atoms with Gasteiger partial charge in [0.2, 0.25) is 0 Å². The van der Waals surface area contributed by atoms with E-state index in [0.29, 0.717) is 18.7 Å². The van der Waals surface area contributed by atoms with E-state index in [9.17, 15) is 14.9 Å². The van der Waals surface area contributed by atoms with Gasteiger partial charge in [0.25, 0.3) is 11.6 Å². The number of anilines is 1. The Kier molecular flexibility index (Phi) is 3.89. The number of nitrogens with two attached hydrogens (primary N) is 1. The lowest BCUT2D eigenvalue weighted by molar-refractivity contribution is -0.383. The second kappa shape index (κ2) is 5.46. The van der Waals surface area contributed by atoms with Gasteiger partial charge in [-0.1, -0.05) is 0 Å². The van der Waals surface area contributed by atoms with Crippen LogP contribution in [0.2, 0.25) is 0 Å². The first-order chi connectivity index (χ1) is 9.38. The Bertz CT molecular complexity index is 536. The number of nitro benzene ring substituents is 1. The van der Waals surface area contributed by atoms with Crippen molar-refractivity contribution in [3.05, 3.63) is 33.9 Å². The third-order valence-electron chi connectivity index (χ3n) is 3.18. The summed E-state index contributed by atoms with van der Waals surface area (Å²) in [5, 5.41) is 10.7. The minimum atomic E-state index is -0.567. The fourth-order valence-corrected chi connectivity index (χ4v) is 2.38. The van der Waals surface area contributed by atoms with Crippen LogP contribution < -0.4 is 5.73 Å². The third kappa shape index (κ3) is 2.88. The highest BCUT2D eigenvalue weighted by Gasteiger charge is 2.27. The summed E-state index contributed by atoms with van der Waals surface area (Å²) in [4.78, 5) is 24.2. The van der Waals surface area contributed by atoms with Crippen LogP contribution in [-0.4, -0.2) is 41.0 Å². The molecule has 1 aromatic rings. The molecule has 2 rings (SSSR count). The van der Waals surface area contributed by atoms with E-state index >= 15 is 0 Å². The minimum absolute atomic E-state index is 0.00444. The zero-order valence-electron chi connectivity index (χ0n) is 11.4. The maximum absolute atomic E-state index is 12.4. The van der Waals surface area contributed by atoms with Crippen LogP contribution >= 0.6 is 0 Å². The molecule has 0 spiro atoms. The number of nitrogens with zero attached hydrogens (tertiary/aromatic N) is 2. The Morgan fingerprint density at radius 2 is 2.00 bits per heavy atom. The minimum Gasteiger partial charge on any atom is -0.393 e. The smallest absolute Gasteiger partial charge is 0.292 e. The van der Waals surface area contributed by atoms with E-state index in [1.165, 1.54) is 18.2 Å². The first kappa shape index (κ1) is 14.3. The molecule has 1 saturated heterocycles. The van der Waals surface area contributed by atoms with Gasteiger partial charge in [-0.2, -0.15) is 0 Å². The molecule has 20 heavy (non-hydrogen) atoms. The van der Waals surface area contributed by atoms with Crippen LogP contribution in [0.4, 0.5) is 11.4 Å². The van der Waals surface area contributed by atoms with Gasteiger partial charge < -0.3 is 15.4 Å². The van der Waals surface area contributed by atoms with E-state index in [1.807, 2.05) is 13.8 Å². The normalized spacial score (nSPS) is 22.6. The average molecular weight is 279 g/mol. The molecule has 0 bridgehead atoms. The van der Waals surface area contributed by atoms with Gasteiger partial charge in [-0.25, -0.2) is 0 Å². The van der Waals surface area contributed by atoms with Crippen molar-refractivity contribution in [2.45, 2.75) is 26.1 Å². The SMILES string of the molecule is CC1CN(C(=O)c2ccc([N+](=O)[O-])c(N)c2)CC(C)O1. The van der Waals surface area contributed by atoms with E-state index in [0.717, 1.165) is 0 Å². The largest absolute Gasteiger partial charge is 0.393 e. The molecule has 0 aliphatic carbocycles. The van der Waals surface area contributed by atoms with Crippen LogP contribution in [0.3, 0.4) is 0 Å². The molecule has 1 fully saturated rings. The number of amides is 1. The molecular weight excluding hydrogens is 262 g/mol. The summed E-state index contributed by atoms with van der Waals surface area (Å²) in [5.74, 6) is -0.186. The van der Waals surface area contributed by atoms with Gasteiger partial charge in [0.15, 0.2) is 0 Å². The van der Waals surface area contributed by atoms with E-state index in [4.69, 9.17) is 10.5 Å². The van der Waals surface area contributed by atoms with Crippen LogP contribution in [0.25, 0.3) is 0 Å². The fraction of sp³-hybridized carbons (Fsp3) is 0.462. The molecule has 7 heteroatoms. The Morgan fingerprint density at radius 1 is 1.40 bits per heavy atom. The van der Waals surface area contributed by atoms with Gasteiger partial charge in [0.1, 0.15) is 5.69 Å². The zero-order valence-corrected chi connectivity index (χ0v) is 11.4. The fourth-order valence-electron chi connectivity index (χ4n) is 2.38. The number of morpholine rings is 1. The first-order valence-corrected chi connectivity index (χ1v) is 6.37. The number of hydrogen-bond donors (Lipinski definition) is 1. The number of benzene rings is 1. The Hall–Kier alpha value is -2.15. The average Bonchev–Trinajstić information content (AvgIpc) is 2.36. The molecule has 1 amide bonds. The molecule has 1 aliphatic heterocycles. The third-order valence-corrected chi connectivity index (χ3v) is 3.18. The van der Waals surface area contributed by atoms with Crippen molar-refractivity contribution in [3.8, 4) is 0 Å². The van der Waals surface area contributed by atoms with Crippen LogP contribution in [0.5, 0.6) is 0 Å². The second-order valence-electron chi connectivity index (χ2n) is 5.00. The van der Waals surface area contributed by atoms with Crippen molar-refractivity contribution in [1.82, 2.24) is 4.90 Å². The number of ether oxygens (including phenoxy) is 1. The summed E-state index contributed by atoms with van der Waals surface area (Å²) in [6, 6.07) is 4.04. The van der Waals surface area contributed by atoms with Crippen molar-refractivity contribution in [3.63, 3.8) is 0 Å². The first-order valence-electron chi connectivity index (χ1n) is 6.37. The second-order valence-corrected chi connectivity index (χ2v) is 5.00. The Balaban J connectivity index is 2.21. The van der Waals surface area contributed by atoms with Gasteiger partial charge in [0, 0.05) is 24.7 Å². The molecule has 2 atom stereocenters. The number of carbonyl (C=O) groups is 1. The van der Waals surface area contributed by atoms with Crippen molar-refractivity contribution in [1.29, 1.82) is 0 Å². The molecule has 1 aromatic carbocycles. The highest BCUT2D eigenvalue weighted by Crippen LogP contribution is 2.23. The van der Waals surface area contributed by atoms with Crippen molar-refractivity contribution < 1.29 is 14.5 Å². The molecule has 108 valence electrons. The van der Waals surface area contributed by atoms with Crippen molar-refractivity contribution in [2.24, 2.45) is 0 Å². The summed E-state index contributed by atoms with van der Waals surface area (Å²) in [7, 11) is 0. The van der Waals surface area contributed by atoms with Crippen LogP contribution in [0, 0.1) is 10.1 Å². The standard InChI is InChI=1S/C13H17N3O4/c1-8-6-15(7-9(2)20-8)13(17)10-3-4-12(16(18)19)11(14)5-10/h3-5,8-9H,6-7,14H2,1-2H3. The van der Waals surface area contributed by atoms with E-state index in [1.54, 1.807) is 4.90 Å². The topological polar surface area (TPSA) is 98.7 Å². The van der Waals surface area contributed by atoms with Gasteiger partial charge >= 0.3 is 0 Å². The molecule has 2 unspecified atom stereocenters. The number of nitro groups is 1. The van der Waals surface area contributed by atoms with E-state index in [2.05, 4.69) is 0 Å². The lowest BCUT2D eigenvalue weighted by Crippen LogP contribution is -2.48. The molecule has 0 aromatic heterocycles. The van der Waals surface area contributed by atoms with Crippen molar-refractivity contribution in [2.75, 3.05) is 18.8 Å². The molecule has 7 nitrogen and oxygen atoms in total. The van der Waals surface area contributed by atoms with Gasteiger partial charge in [-0.3, -0.25) is 14.9 Å². The molecule has 0 radical (unpaired) electrons. The van der Waals surface area contributed by atoms with E-state index in [-0.39, 0.29) is 29.5 Å². The summed E-state index contributed by atoms with van der Waals surface area (Å²) in [6.07, 6.45) is -0.0591. The maximum Gasteiger partial charge on any atom is 0.292 e. The monoisotopic (exact) mass is 279 g/mol. The van der Waals surface area contributed by atoms with Crippen LogP contribution in [-0.2, 0) is 4.74 Å². The summed E-state index contributed by atoms with van der Waals surface area (Å²) in [5.41, 5.74) is 5.77. The Labute approximate surface area is 116 Å². The van der Waals surface area contributed by atoms with Crippen LogP contribution in [0.1, 0.15) is 24.2 Å². The molecular formula is C13H17N3O4. The summed E-state index contributed by atoms with van der Waals surface area (Å²) in [6.45, 7) is 4.81. The molecule has 2 N–H and O–H groups in total. The number of hydrogen-bond acceptors (Lipinski definition) is 5. The van der Waals surface area contributed by atoms with Gasteiger partial charge in [-0.05, 0) is 26.0 Å².